The van der Waals surface area contributed by atoms with Crippen LogP contribution in [0, 0.1) is 10.1 Å². The molecule has 0 aliphatic carbocycles. The number of rotatable bonds is 7. The highest BCUT2D eigenvalue weighted by atomic mass is 35.5. The lowest BCUT2D eigenvalue weighted by Crippen LogP contribution is -2.39. The number of nitrogens with two attached hydrogens (primary N) is 1. The Morgan fingerprint density at radius 3 is 2.71 bits per heavy atom. The first-order valence-electron chi connectivity index (χ1n) is 6.24. The van der Waals surface area contributed by atoms with Gasteiger partial charge in [0.05, 0.1) is 11.5 Å². The van der Waals surface area contributed by atoms with Crippen molar-refractivity contribution in [2.75, 3.05) is 13.1 Å². The van der Waals surface area contributed by atoms with Gasteiger partial charge in [0.1, 0.15) is 16.9 Å². The molecule has 0 atom stereocenters. The molecule has 0 saturated carbocycles. The summed E-state index contributed by atoms with van der Waals surface area (Å²) in [5.74, 6) is -1.36. The quantitative estimate of drug-likeness (QED) is 0.463. The predicted octanol–water partition coefficient (Wildman–Crippen LogP) is 1.37. The third-order valence-corrected chi connectivity index (χ3v) is 2.90. The van der Waals surface area contributed by atoms with Gasteiger partial charge in [-0.3, -0.25) is 19.7 Å². The van der Waals surface area contributed by atoms with Crippen LogP contribution in [0.3, 0.4) is 0 Å². The van der Waals surface area contributed by atoms with E-state index in [1.54, 1.807) is 0 Å². The summed E-state index contributed by atoms with van der Waals surface area (Å²) in [4.78, 5) is 38.4. The molecule has 0 aliphatic heterocycles. The van der Waals surface area contributed by atoms with Crippen LogP contribution >= 0.6 is 11.6 Å². The fraction of sp³-hybridized carbons (Fsp3) is 0.417. The van der Waals surface area contributed by atoms with Gasteiger partial charge in [0.15, 0.2) is 0 Å². The van der Waals surface area contributed by atoms with Gasteiger partial charge < -0.3 is 10.6 Å². The van der Waals surface area contributed by atoms with E-state index >= 15 is 0 Å². The van der Waals surface area contributed by atoms with Crippen molar-refractivity contribution in [2.24, 2.45) is 5.73 Å². The lowest BCUT2D eigenvalue weighted by Gasteiger charge is -2.20. The van der Waals surface area contributed by atoms with Gasteiger partial charge in [0, 0.05) is 6.54 Å². The van der Waals surface area contributed by atoms with Crippen LogP contribution < -0.4 is 5.73 Å². The Kier molecular flexibility index (Phi) is 6.04. The van der Waals surface area contributed by atoms with Gasteiger partial charge in [-0.15, -0.1) is 0 Å². The number of hydrogen-bond acceptors (Lipinski definition) is 5. The van der Waals surface area contributed by atoms with Crippen molar-refractivity contribution >= 4 is 29.1 Å². The van der Waals surface area contributed by atoms with Crippen molar-refractivity contribution in [1.82, 2.24) is 9.88 Å². The summed E-state index contributed by atoms with van der Waals surface area (Å²) >= 11 is 5.68. The second kappa shape index (κ2) is 7.53. The number of nitro groups is 1. The van der Waals surface area contributed by atoms with E-state index in [1.165, 1.54) is 4.90 Å². The minimum atomic E-state index is -0.723. The summed E-state index contributed by atoms with van der Waals surface area (Å²) in [6.07, 6.45) is 2.35. The zero-order chi connectivity index (χ0) is 16.0. The molecule has 0 bridgehead atoms. The van der Waals surface area contributed by atoms with Crippen LogP contribution in [0.5, 0.6) is 0 Å². The lowest BCUT2D eigenvalue weighted by atomic mass is 10.2. The molecule has 1 aromatic heterocycles. The Bertz CT molecular complexity index is 564. The van der Waals surface area contributed by atoms with Gasteiger partial charge in [0.25, 0.3) is 11.6 Å². The molecule has 0 radical (unpaired) electrons. The number of aromatic nitrogens is 1. The minimum absolute atomic E-state index is 0.0431. The van der Waals surface area contributed by atoms with Crippen molar-refractivity contribution in [2.45, 2.75) is 19.8 Å². The molecule has 1 rings (SSSR count). The van der Waals surface area contributed by atoms with E-state index in [0.29, 0.717) is 6.42 Å². The first-order chi connectivity index (χ1) is 9.86. The molecule has 2 amide bonds. The number of unbranched alkanes of at least 4 members (excludes halogenated alkanes) is 1. The first-order valence-corrected chi connectivity index (χ1v) is 6.62. The fourth-order valence-corrected chi connectivity index (χ4v) is 1.86. The Labute approximate surface area is 126 Å². The highest BCUT2D eigenvalue weighted by Gasteiger charge is 2.26. The second-order valence-corrected chi connectivity index (χ2v) is 4.72. The smallest absolute Gasteiger partial charge is 0.300 e. The maximum Gasteiger partial charge on any atom is 0.300 e. The van der Waals surface area contributed by atoms with E-state index in [9.17, 15) is 19.7 Å². The monoisotopic (exact) mass is 314 g/mol. The van der Waals surface area contributed by atoms with Crippen LogP contribution in [-0.4, -0.2) is 39.7 Å². The summed E-state index contributed by atoms with van der Waals surface area (Å²) in [7, 11) is 0. The number of carbonyl (C=O) groups excluding carboxylic acids is 2. The molecular weight excluding hydrogens is 300 g/mol. The molecule has 114 valence electrons. The average Bonchev–Trinajstić information content (AvgIpc) is 2.41. The molecule has 0 aromatic carbocycles. The van der Waals surface area contributed by atoms with Crippen LogP contribution in [0.15, 0.2) is 12.3 Å². The predicted molar refractivity (Wildman–Crippen MR) is 75.9 cm³/mol. The molecule has 9 heteroatoms. The summed E-state index contributed by atoms with van der Waals surface area (Å²) in [6.45, 7) is 1.88. The molecule has 21 heavy (non-hydrogen) atoms. The second-order valence-electron chi connectivity index (χ2n) is 4.33. The van der Waals surface area contributed by atoms with E-state index in [-0.39, 0.29) is 23.8 Å². The van der Waals surface area contributed by atoms with Gasteiger partial charge in [-0.05, 0) is 12.5 Å². The third-order valence-electron chi connectivity index (χ3n) is 2.69. The Morgan fingerprint density at radius 1 is 1.52 bits per heavy atom. The first kappa shape index (κ1) is 16.8. The molecule has 0 spiro atoms. The minimum Gasteiger partial charge on any atom is -0.368 e. The average molecular weight is 315 g/mol. The van der Waals surface area contributed by atoms with Crippen molar-refractivity contribution in [3.63, 3.8) is 0 Å². The van der Waals surface area contributed by atoms with E-state index in [4.69, 9.17) is 17.3 Å². The van der Waals surface area contributed by atoms with Crippen molar-refractivity contribution in [3.8, 4) is 0 Å². The zero-order valence-corrected chi connectivity index (χ0v) is 12.2. The lowest BCUT2D eigenvalue weighted by molar-refractivity contribution is -0.385. The Morgan fingerprint density at radius 2 is 2.19 bits per heavy atom. The van der Waals surface area contributed by atoms with Gasteiger partial charge in [0.2, 0.25) is 5.91 Å². The van der Waals surface area contributed by atoms with Crippen molar-refractivity contribution < 1.29 is 14.5 Å². The summed E-state index contributed by atoms with van der Waals surface area (Å²) < 4.78 is 0. The Hall–Kier alpha value is -2.22. The van der Waals surface area contributed by atoms with E-state index in [0.717, 1.165) is 18.7 Å². The SMILES string of the molecule is CCCCN(CC(N)=O)C(=O)c1cc(Cl)ncc1[N+](=O)[O-]. The largest absolute Gasteiger partial charge is 0.368 e. The standard InChI is InChI=1S/C12H15ClN4O4/c1-2-3-4-16(7-11(14)18)12(19)8-5-10(13)15-6-9(8)17(20)21/h5-6H,2-4,7H2,1H3,(H2,14,18). The third kappa shape index (κ3) is 4.67. The zero-order valence-electron chi connectivity index (χ0n) is 11.4. The molecular formula is C12H15ClN4O4. The molecule has 2 N–H and O–H groups in total. The highest BCUT2D eigenvalue weighted by molar-refractivity contribution is 6.29. The number of pyridine rings is 1. The normalized spacial score (nSPS) is 10.2. The number of amides is 2. The van der Waals surface area contributed by atoms with Crippen LogP contribution in [0.25, 0.3) is 0 Å². The fourth-order valence-electron chi connectivity index (χ4n) is 1.70. The van der Waals surface area contributed by atoms with Gasteiger partial charge in [-0.1, -0.05) is 24.9 Å². The maximum atomic E-state index is 12.4. The number of halogens is 1. The van der Waals surface area contributed by atoms with Crippen LogP contribution in [0.2, 0.25) is 5.15 Å². The molecule has 0 aliphatic rings. The van der Waals surface area contributed by atoms with Crippen LogP contribution in [0.4, 0.5) is 5.69 Å². The van der Waals surface area contributed by atoms with E-state index in [2.05, 4.69) is 4.98 Å². The number of carbonyl (C=O) groups is 2. The van der Waals surface area contributed by atoms with Gasteiger partial charge in [-0.2, -0.15) is 0 Å². The highest BCUT2D eigenvalue weighted by Crippen LogP contribution is 2.22. The van der Waals surface area contributed by atoms with Gasteiger partial charge in [-0.25, -0.2) is 4.98 Å². The topological polar surface area (TPSA) is 119 Å². The molecule has 8 nitrogen and oxygen atoms in total. The van der Waals surface area contributed by atoms with Crippen molar-refractivity contribution in [1.29, 1.82) is 0 Å². The van der Waals surface area contributed by atoms with E-state index in [1.807, 2.05) is 6.92 Å². The Balaban J connectivity index is 3.15. The van der Waals surface area contributed by atoms with Crippen LogP contribution in [-0.2, 0) is 4.79 Å². The number of hydrogen-bond donors (Lipinski definition) is 1. The molecule has 1 heterocycles. The van der Waals surface area contributed by atoms with Gasteiger partial charge >= 0.3 is 0 Å². The van der Waals surface area contributed by atoms with Crippen LogP contribution in [0.1, 0.15) is 30.1 Å². The van der Waals surface area contributed by atoms with E-state index < -0.39 is 22.4 Å². The maximum absolute atomic E-state index is 12.4. The molecule has 0 saturated heterocycles. The molecule has 1 aromatic rings. The number of primary amides is 1. The van der Waals surface area contributed by atoms with Crippen molar-refractivity contribution in [3.05, 3.63) is 33.1 Å². The number of nitrogens with zero attached hydrogens (tertiary/aromatic N) is 3. The summed E-state index contributed by atoms with van der Waals surface area (Å²) in [6, 6.07) is 1.11. The summed E-state index contributed by atoms with van der Waals surface area (Å²) in [5, 5.41) is 10.9. The molecule has 0 unspecified atom stereocenters. The summed E-state index contributed by atoms with van der Waals surface area (Å²) in [5.41, 5.74) is 4.43. The molecule has 0 fully saturated rings.